The van der Waals surface area contributed by atoms with Crippen LogP contribution in [-0.4, -0.2) is 31.6 Å². The third-order valence-electron chi connectivity index (χ3n) is 3.42. The lowest BCUT2D eigenvalue weighted by atomic mass is 10.2. The molecule has 0 aliphatic carbocycles. The first kappa shape index (κ1) is 18.6. The molecule has 0 saturated carbocycles. The summed E-state index contributed by atoms with van der Waals surface area (Å²) in [5.74, 6) is 3.33. The Morgan fingerprint density at radius 1 is 1.16 bits per heavy atom. The van der Waals surface area contributed by atoms with E-state index in [0.717, 1.165) is 23.8 Å². The highest BCUT2D eigenvalue weighted by Crippen LogP contribution is 2.23. The zero-order valence-electron chi connectivity index (χ0n) is 15.2. The van der Waals surface area contributed by atoms with Crippen molar-refractivity contribution < 1.29 is 9.47 Å². The molecule has 1 heterocycles. The summed E-state index contributed by atoms with van der Waals surface area (Å²) in [6.45, 7) is 5.84. The maximum atomic E-state index is 5.74. The number of pyridine rings is 1. The Hall–Kier alpha value is -2.76. The van der Waals surface area contributed by atoms with Crippen LogP contribution in [0.25, 0.3) is 0 Å². The smallest absolute Gasteiger partial charge is 0.219 e. The quantitative estimate of drug-likeness (QED) is 0.597. The molecule has 0 bridgehead atoms. The number of guanidine groups is 1. The van der Waals surface area contributed by atoms with Gasteiger partial charge in [0.25, 0.3) is 0 Å². The van der Waals surface area contributed by atoms with Crippen molar-refractivity contribution in [2.24, 2.45) is 10.9 Å². The summed E-state index contributed by atoms with van der Waals surface area (Å²) in [6, 6.07) is 11.3. The molecule has 2 N–H and O–H groups in total. The van der Waals surface area contributed by atoms with Crippen LogP contribution in [0.3, 0.4) is 0 Å². The number of aromatic nitrogens is 1. The number of hydrogen-bond acceptors (Lipinski definition) is 4. The van der Waals surface area contributed by atoms with E-state index < -0.39 is 0 Å². The van der Waals surface area contributed by atoms with Gasteiger partial charge in [-0.05, 0) is 23.6 Å². The lowest BCUT2D eigenvalue weighted by molar-refractivity contribution is 0.407. The summed E-state index contributed by atoms with van der Waals surface area (Å²) in [5, 5.41) is 6.54. The normalized spacial score (nSPS) is 11.3. The van der Waals surface area contributed by atoms with Gasteiger partial charge in [-0.3, -0.25) is 4.99 Å². The highest BCUT2D eigenvalue weighted by Gasteiger charge is 2.03. The van der Waals surface area contributed by atoms with E-state index in [9.17, 15) is 0 Å². The summed E-state index contributed by atoms with van der Waals surface area (Å²) >= 11 is 0. The van der Waals surface area contributed by atoms with Crippen molar-refractivity contribution in [2.45, 2.75) is 20.4 Å². The predicted molar refractivity (Wildman–Crippen MR) is 100 cm³/mol. The standard InChI is InChI=1S/C19H26N4O2/c1-14(2)11-22-19(20-3)23-13-15-8-9-18(21-12-15)25-17-7-5-6-16(10-17)24-4/h5-10,12,14H,11,13H2,1-4H3,(H2,20,22,23). The van der Waals surface area contributed by atoms with Gasteiger partial charge in [0.2, 0.25) is 5.88 Å². The lowest BCUT2D eigenvalue weighted by Crippen LogP contribution is -2.38. The third-order valence-corrected chi connectivity index (χ3v) is 3.42. The Kier molecular flexibility index (Phi) is 7.07. The first-order valence-corrected chi connectivity index (χ1v) is 8.32. The van der Waals surface area contributed by atoms with E-state index in [2.05, 4.69) is 34.5 Å². The minimum Gasteiger partial charge on any atom is -0.497 e. The lowest BCUT2D eigenvalue weighted by Gasteiger charge is -2.13. The van der Waals surface area contributed by atoms with Crippen LogP contribution < -0.4 is 20.1 Å². The van der Waals surface area contributed by atoms with Crippen LogP contribution in [-0.2, 0) is 6.54 Å². The van der Waals surface area contributed by atoms with Gasteiger partial charge in [0.1, 0.15) is 11.5 Å². The molecule has 0 atom stereocenters. The van der Waals surface area contributed by atoms with Gasteiger partial charge in [0.05, 0.1) is 7.11 Å². The molecule has 0 fully saturated rings. The molecule has 1 aromatic heterocycles. The first-order chi connectivity index (χ1) is 12.1. The number of nitrogens with zero attached hydrogens (tertiary/aromatic N) is 2. The SMILES string of the molecule is CN=C(NCc1ccc(Oc2cccc(OC)c2)nc1)NCC(C)C. The monoisotopic (exact) mass is 342 g/mol. The molecular weight excluding hydrogens is 316 g/mol. The van der Waals surface area contributed by atoms with Crippen molar-refractivity contribution in [1.82, 2.24) is 15.6 Å². The van der Waals surface area contributed by atoms with Crippen LogP contribution in [0.1, 0.15) is 19.4 Å². The molecule has 0 aliphatic heterocycles. The van der Waals surface area contributed by atoms with Gasteiger partial charge >= 0.3 is 0 Å². The molecule has 25 heavy (non-hydrogen) atoms. The summed E-state index contributed by atoms with van der Waals surface area (Å²) in [4.78, 5) is 8.55. The zero-order valence-corrected chi connectivity index (χ0v) is 15.2. The Labute approximate surface area is 149 Å². The van der Waals surface area contributed by atoms with E-state index in [1.165, 1.54) is 0 Å². The van der Waals surface area contributed by atoms with Crippen LogP contribution in [0.2, 0.25) is 0 Å². The fourth-order valence-corrected chi connectivity index (χ4v) is 2.07. The van der Waals surface area contributed by atoms with Crippen molar-refractivity contribution in [3.05, 3.63) is 48.2 Å². The second-order valence-corrected chi connectivity index (χ2v) is 5.99. The fraction of sp³-hybridized carbons (Fsp3) is 0.368. The first-order valence-electron chi connectivity index (χ1n) is 8.32. The van der Waals surface area contributed by atoms with Gasteiger partial charge in [-0.2, -0.15) is 0 Å². The Morgan fingerprint density at radius 3 is 2.60 bits per heavy atom. The number of hydrogen-bond donors (Lipinski definition) is 2. The maximum Gasteiger partial charge on any atom is 0.219 e. The van der Waals surface area contributed by atoms with Gasteiger partial charge in [-0.15, -0.1) is 0 Å². The number of aliphatic imine (C=N–C) groups is 1. The van der Waals surface area contributed by atoms with E-state index in [1.807, 2.05) is 36.4 Å². The number of nitrogens with one attached hydrogen (secondary N) is 2. The molecular formula is C19H26N4O2. The number of benzene rings is 1. The molecule has 0 aliphatic rings. The molecule has 0 radical (unpaired) electrons. The molecule has 0 saturated heterocycles. The highest BCUT2D eigenvalue weighted by molar-refractivity contribution is 5.79. The fourth-order valence-electron chi connectivity index (χ4n) is 2.07. The van der Waals surface area contributed by atoms with Gasteiger partial charge in [-0.1, -0.05) is 26.0 Å². The van der Waals surface area contributed by atoms with E-state index in [-0.39, 0.29) is 0 Å². The molecule has 2 rings (SSSR count). The second kappa shape index (κ2) is 9.52. The molecule has 2 aromatic rings. The molecule has 1 aromatic carbocycles. The summed E-state index contributed by atoms with van der Waals surface area (Å²) in [5.41, 5.74) is 1.05. The summed E-state index contributed by atoms with van der Waals surface area (Å²) < 4.78 is 10.9. The molecule has 6 nitrogen and oxygen atoms in total. The van der Waals surface area contributed by atoms with E-state index in [1.54, 1.807) is 20.4 Å². The van der Waals surface area contributed by atoms with Crippen LogP contribution in [0, 0.1) is 5.92 Å². The topological polar surface area (TPSA) is 67.8 Å². The van der Waals surface area contributed by atoms with E-state index in [0.29, 0.717) is 24.1 Å². The third kappa shape index (κ3) is 6.33. The molecule has 0 spiro atoms. The van der Waals surface area contributed by atoms with Gasteiger partial charge in [0.15, 0.2) is 5.96 Å². The van der Waals surface area contributed by atoms with Gasteiger partial charge < -0.3 is 20.1 Å². The van der Waals surface area contributed by atoms with Crippen molar-refractivity contribution >= 4 is 5.96 Å². The van der Waals surface area contributed by atoms with Crippen molar-refractivity contribution in [1.29, 1.82) is 0 Å². The number of ether oxygens (including phenoxy) is 2. The molecule has 0 amide bonds. The van der Waals surface area contributed by atoms with Gasteiger partial charge in [0, 0.05) is 38.5 Å². The van der Waals surface area contributed by atoms with Crippen molar-refractivity contribution in [3.63, 3.8) is 0 Å². The minimum absolute atomic E-state index is 0.541. The van der Waals surface area contributed by atoms with Crippen molar-refractivity contribution in [3.8, 4) is 17.4 Å². The van der Waals surface area contributed by atoms with E-state index in [4.69, 9.17) is 9.47 Å². The molecule has 134 valence electrons. The van der Waals surface area contributed by atoms with E-state index >= 15 is 0 Å². The number of rotatable bonds is 7. The maximum absolute atomic E-state index is 5.74. The average molecular weight is 342 g/mol. The van der Waals surface area contributed by atoms with Crippen LogP contribution >= 0.6 is 0 Å². The average Bonchev–Trinajstić information content (AvgIpc) is 2.63. The predicted octanol–water partition coefficient (Wildman–Crippen LogP) is 3.20. The zero-order chi connectivity index (χ0) is 18.1. The van der Waals surface area contributed by atoms with Crippen LogP contribution in [0.4, 0.5) is 0 Å². The minimum atomic E-state index is 0.541. The van der Waals surface area contributed by atoms with Crippen LogP contribution in [0.15, 0.2) is 47.6 Å². The Balaban J connectivity index is 1.88. The largest absolute Gasteiger partial charge is 0.497 e. The Morgan fingerprint density at radius 2 is 1.96 bits per heavy atom. The highest BCUT2D eigenvalue weighted by atomic mass is 16.5. The van der Waals surface area contributed by atoms with Crippen molar-refractivity contribution in [2.75, 3.05) is 20.7 Å². The van der Waals surface area contributed by atoms with Crippen LogP contribution in [0.5, 0.6) is 17.4 Å². The number of methoxy groups -OCH3 is 1. The Bertz CT molecular complexity index is 684. The summed E-state index contributed by atoms with van der Waals surface area (Å²) in [6.07, 6.45) is 1.79. The summed E-state index contributed by atoms with van der Waals surface area (Å²) in [7, 11) is 3.39. The molecule has 6 heteroatoms. The second-order valence-electron chi connectivity index (χ2n) is 5.99. The van der Waals surface area contributed by atoms with Gasteiger partial charge in [-0.25, -0.2) is 4.98 Å². The molecule has 0 unspecified atom stereocenters.